The van der Waals surface area contributed by atoms with Crippen LogP contribution in [0, 0.1) is 5.92 Å². The number of halogens is 2. The number of likely N-dealkylation sites (tertiary alicyclic amines) is 1. The number of rotatable bonds is 6. The van der Waals surface area contributed by atoms with Crippen LogP contribution in [0.3, 0.4) is 0 Å². The van der Waals surface area contributed by atoms with Gasteiger partial charge in [0.15, 0.2) is 5.78 Å². The molecule has 0 spiro atoms. The van der Waals surface area contributed by atoms with Crippen LogP contribution in [-0.4, -0.2) is 52.5 Å². The summed E-state index contributed by atoms with van der Waals surface area (Å²) >= 11 is 0. The van der Waals surface area contributed by atoms with Crippen LogP contribution in [0.25, 0.3) is 21.7 Å². The van der Waals surface area contributed by atoms with Gasteiger partial charge in [0.25, 0.3) is 11.8 Å². The van der Waals surface area contributed by atoms with Gasteiger partial charge in [-0.1, -0.05) is 52.0 Å². The van der Waals surface area contributed by atoms with Crippen LogP contribution in [0.5, 0.6) is 0 Å². The average Bonchev–Trinajstić information content (AvgIpc) is 3.15. The molecule has 4 rings (SSSR count). The average molecular weight is 482 g/mol. The fourth-order valence-electron chi connectivity index (χ4n) is 4.75. The smallest absolute Gasteiger partial charge is 0.267 e. The standard InChI is InChI=1S/C27H29F2N3O3/c1-15(2)20-11-21-19(9-10-30-24(21)18-8-6-5-7-17(18)20)26(35)31-13-23(33)32-14-27(28,29)12-22(32)25(34)16(3)4/h5-11,15-16,22H,12-14H2,1-4H3,(H,31,35). The van der Waals surface area contributed by atoms with Crippen LogP contribution in [0.4, 0.5) is 8.78 Å². The van der Waals surface area contributed by atoms with E-state index >= 15 is 0 Å². The molecule has 0 aliphatic carbocycles. The minimum absolute atomic E-state index is 0.203. The van der Waals surface area contributed by atoms with Crippen molar-refractivity contribution in [3.63, 3.8) is 0 Å². The number of carbonyl (C=O) groups excluding carboxylic acids is 3. The van der Waals surface area contributed by atoms with E-state index in [-0.39, 0.29) is 5.92 Å². The van der Waals surface area contributed by atoms with E-state index in [0.29, 0.717) is 16.5 Å². The Balaban J connectivity index is 1.61. The highest BCUT2D eigenvalue weighted by Crippen LogP contribution is 2.34. The monoisotopic (exact) mass is 481 g/mol. The Labute approximate surface area is 202 Å². The molecule has 1 unspecified atom stereocenters. The van der Waals surface area contributed by atoms with Crippen LogP contribution in [0.15, 0.2) is 42.6 Å². The van der Waals surface area contributed by atoms with E-state index in [0.717, 1.165) is 21.2 Å². The number of amides is 2. The second-order valence-corrected chi connectivity index (χ2v) is 9.76. The molecule has 1 N–H and O–H groups in total. The number of ketones is 1. The lowest BCUT2D eigenvalue weighted by molar-refractivity contribution is -0.138. The zero-order valence-electron chi connectivity index (χ0n) is 20.3. The summed E-state index contributed by atoms with van der Waals surface area (Å²) in [4.78, 5) is 43.7. The maximum Gasteiger partial charge on any atom is 0.267 e. The third kappa shape index (κ3) is 4.74. The SMILES string of the molecule is CC(C)C(=O)C1CC(F)(F)CN1C(=O)CNC(=O)c1ccnc2c1cc(C(C)C)c1ccccc12. The molecule has 0 radical (unpaired) electrons. The number of aromatic nitrogens is 1. The molecule has 1 aliphatic heterocycles. The quantitative estimate of drug-likeness (QED) is 0.518. The number of benzene rings is 2. The molecule has 0 saturated carbocycles. The number of nitrogens with one attached hydrogen (secondary N) is 1. The van der Waals surface area contributed by atoms with Gasteiger partial charge in [-0.25, -0.2) is 8.78 Å². The Bertz CT molecular complexity index is 1320. The van der Waals surface area contributed by atoms with Crippen molar-refractivity contribution in [2.45, 2.75) is 52.0 Å². The molecule has 1 saturated heterocycles. The van der Waals surface area contributed by atoms with E-state index < -0.39 is 55.0 Å². The summed E-state index contributed by atoms with van der Waals surface area (Å²) in [6.07, 6.45) is 0.850. The van der Waals surface area contributed by atoms with E-state index in [1.54, 1.807) is 26.1 Å². The summed E-state index contributed by atoms with van der Waals surface area (Å²) in [7, 11) is 0. The molecule has 6 nitrogen and oxygen atoms in total. The van der Waals surface area contributed by atoms with Crippen molar-refractivity contribution < 1.29 is 23.2 Å². The molecule has 2 amide bonds. The highest BCUT2D eigenvalue weighted by Gasteiger charge is 2.49. The first-order valence-electron chi connectivity index (χ1n) is 11.8. The van der Waals surface area contributed by atoms with Crippen LogP contribution in [0.1, 0.15) is 56.0 Å². The summed E-state index contributed by atoms with van der Waals surface area (Å²) in [5, 5.41) is 5.21. The lowest BCUT2D eigenvalue weighted by Gasteiger charge is -2.24. The van der Waals surface area contributed by atoms with Gasteiger partial charge in [-0.2, -0.15) is 0 Å². The predicted molar refractivity (Wildman–Crippen MR) is 131 cm³/mol. The van der Waals surface area contributed by atoms with Crippen LogP contribution >= 0.6 is 0 Å². The van der Waals surface area contributed by atoms with Gasteiger partial charge in [-0.05, 0) is 29.0 Å². The topological polar surface area (TPSA) is 79.4 Å². The van der Waals surface area contributed by atoms with Gasteiger partial charge in [0.05, 0.1) is 30.2 Å². The van der Waals surface area contributed by atoms with Gasteiger partial charge in [0, 0.05) is 29.3 Å². The van der Waals surface area contributed by atoms with E-state index in [1.165, 1.54) is 0 Å². The summed E-state index contributed by atoms with van der Waals surface area (Å²) in [6.45, 7) is 6.07. The minimum atomic E-state index is -3.13. The Morgan fingerprint density at radius 2 is 1.77 bits per heavy atom. The number of alkyl halides is 2. The lowest BCUT2D eigenvalue weighted by atomic mass is 9.92. The zero-order valence-corrected chi connectivity index (χ0v) is 20.3. The molecule has 1 aliphatic rings. The van der Waals surface area contributed by atoms with Gasteiger partial charge in [-0.15, -0.1) is 0 Å². The summed E-state index contributed by atoms with van der Waals surface area (Å²) in [5.41, 5.74) is 2.09. The number of fused-ring (bicyclic) bond motifs is 3. The largest absolute Gasteiger partial charge is 0.343 e. The van der Waals surface area contributed by atoms with E-state index in [4.69, 9.17) is 0 Å². The van der Waals surface area contributed by atoms with Gasteiger partial charge in [-0.3, -0.25) is 19.4 Å². The molecule has 3 aromatic rings. The molecule has 1 fully saturated rings. The van der Waals surface area contributed by atoms with Gasteiger partial charge < -0.3 is 10.2 Å². The molecule has 2 aromatic carbocycles. The normalized spacial score (nSPS) is 17.5. The Morgan fingerprint density at radius 3 is 2.43 bits per heavy atom. The maximum absolute atomic E-state index is 14.1. The van der Waals surface area contributed by atoms with E-state index in [1.807, 2.05) is 30.3 Å². The van der Waals surface area contributed by atoms with Crippen molar-refractivity contribution in [2.24, 2.45) is 5.92 Å². The first-order chi connectivity index (χ1) is 16.5. The first-order valence-corrected chi connectivity index (χ1v) is 11.8. The Hall–Kier alpha value is -3.42. The van der Waals surface area contributed by atoms with Crippen molar-refractivity contribution >= 4 is 39.3 Å². The minimum Gasteiger partial charge on any atom is -0.343 e. The molecule has 35 heavy (non-hydrogen) atoms. The molecule has 8 heteroatoms. The van der Waals surface area contributed by atoms with E-state index in [9.17, 15) is 23.2 Å². The van der Waals surface area contributed by atoms with Crippen molar-refractivity contribution in [1.29, 1.82) is 0 Å². The molecule has 184 valence electrons. The maximum atomic E-state index is 14.1. The highest BCUT2D eigenvalue weighted by atomic mass is 19.3. The van der Waals surface area contributed by atoms with Gasteiger partial charge in [0.1, 0.15) is 0 Å². The number of carbonyl (C=O) groups is 3. The van der Waals surface area contributed by atoms with Gasteiger partial charge >= 0.3 is 0 Å². The Kier molecular flexibility index (Phi) is 6.58. The number of hydrogen-bond acceptors (Lipinski definition) is 4. The number of nitrogens with zero attached hydrogens (tertiary/aromatic N) is 2. The van der Waals surface area contributed by atoms with Crippen LogP contribution < -0.4 is 5.32 Å². The van der Waals surface area contributed by atoms with Crippen molar-refractivity contribution in [3.8, 4) is 0 Å². The number of Topliss-reactive ketones (excluding diaryl/α,β-unsaturated/α-hetero) is 1. The fraction of sp³-hybridized carbons (Fsp3) is 0.407. The molecule has 1 atom stereocenters. The molecule has 0 bridgehead atoms. The highest BCUT2D eigenvalue weighted by molar-refractivity contribution is 6.14. The lowest BCUT2D eigenvalue weighted by Crippen LogP contribution is -2.46. The number of hydrogen-bond donors (Lipinski definition) is 1. The fourth-order valence-corrected chi connectivity index (χ4v) is 4.75. The molecule has 1 aromatic heterocycles. The zero-order chi connectivity index (χ0) is 25.5. The van der Waals surface area contributed by atoms with Gasteiger partial charge in [0.2, 0.25) is 5.91 Å². The molecular formula is C27H29F2N3O3. The van der Waals surface area contributed by atoms with Crippen molar-refractivity contribution in [2.75, 3.05) is 13.1 Å². The number of pyridine rings is 1. The molecular weight excluding hydrogens is 452 g/mol. The van der Waals surface area contributed by atoms with Crippen molar-refractivity contribution in [3.05, 3.63) is 53.7 Å². The second kappa shape index (κ2) is 9.32. The first kappa shape index (κ1) is 24.7. The third-order valence-electron chi connectivity index (χ3n) is 6.54. The van der Waals surface area contributed by atoms with Crippen LogP contribution in [0.2, 0.25) is 0 Å². The predicted octanol–water partition coefficient (Wildman–Crippen LogP) is 4.70. The second-order valence-electron chi connectivity index (χ2n) is 9.76. The summed E-state index contributed by atoms with van der Waals surface area (Å²) < 4.78 is 28.1. The Morgan fingerprint density at radius 1 is 1.09 bits per heavy atom. The van der Waals surface area contributed by atoms with E-state index in [2.05, 4.69) is 24.1 Å². The summed E-state index contributed by atoms with van der Waals surface area (Å²) in [6, 6.07) is 10.2. The summed E-state index contributed by atoms with van der Waals surface area (Å²) in [5.74, 6) is -5.03. The van der Waals surface area contributed by atoms with Crippen molar-refractivity contribution in [1.82, 2.24) is 15.2 Å². The van der Waals surface area contributed by atoms with Crippen LogP contribution in [-0.2, 0) is 9.59 Å². The molecule has 2 heterocycles. The third-order valence-corrected chi connectivity index (χ3v) is 6.54.